The molecule has 0 aromatic carbocycles. The molecule has 1 aromatic heterocycles. The van der Waals surface area contributed by atoms with Gasteiger partial charge in [0.25, 0.3) is 0 Å². The van der Waals surface area contributed by atoms with Gasteiger partial charge in [0, 0.05) is 38.5 Å². The highest BCUT2D eigenvalue weighted by molar-refractivity contribution is 5.73. The van der Waals surface area contributed by atoms with Crippen molar-refractivity contribution >= 4 is 5.91 Å². The number of hydrogen-bond donors (Lipinski definition) is 2. The highest BCUT2D eigenvalue weighted by atomic mass is 16.1. The van der Waals surface area contributed by atoms with Crippen LogP contribution < -0.4 is 10.6 Å². The average Bonchev–Trinajstić information content (AvgIpc) is 2.61. The smallest absolute Gasteiger partial charge is 0.217 e. The first-order chi connectivity index (χ1) is 8.80. The van der Waals surface area contributed by atoms with E-state index in [1.165, 1.54) is 0 Å². The second-order valence-corrected chi connectivity index (χ2v) is 5.73. The standard InChI is InChI=1S/C13H25N5O/c1-10(8-13(3,4)16-11(2)19)14-7-6-12-17-15-9-18(12)5/h9-10,14H,6-8H2,1-5H3,(H,16,19). The molecule has 1 amide bonds. The molecule has 0 aliphatic heterocycles. The summed E-state index contributed by atoms with van der Waals surface area (Å²) in [6.07, 6.45) is 3.44. The number of nitrogens with zero attached hydrogens (tertiary/aromatic N) is 3. The zero-order valence-electron chi connectivity index (χ0n) is 12.5. The monoisotopic (exact) mass is 267 g/mol. The lowest BCUT2D eigenvalue weighted by atomic mass is 9.96. The van der Waals surface area contributed by atoms with Crippen molar-refractivity contribution in [2.75, 3.05) is 6.54 Å². The summed E-state index contributed by atoms with van der Waals surface area (Å²) in [6.45, 7) is 8.60. The number of carbonyl (C=O) groups excluding carboxylic acids is 1. The zero-order valence-corrected chi connectivity index (χ0v) is 12.5. The van der Waals surface area contributed by atoms with Crippen LogP contribution in [0.2, 0.25) is 0 Å². The van der Waals surface area contributed by atoms with Gasteiger partial charge in [0.2, 0.25) is 5.91 Å². The summed E-state index contributed by atoms with van der Waals surface area (Å²) in [5.41, 5.74) is -0.191. The van der Waals surface area contributed by atoms with Crippen LogP contribution in [0.1, 0.15) is 39.9 Å². The molecular formula is C13H25N5O. The predicted molar refractivity (Wildman–Crippen MR) is 74.7 cm³/mol. The van der Waals surface area contributed by atoms with Crippen LogP contribution in [0.5, 0.6) is 0 Å². The van der Waals surface area contributed by atoms with Gasteiger partial charge in [0.05, 0.1) is 0 Å². The fourth-order valence-corrected chi connectivity index (χ4v) is 2.33. The van der Waals surface area contributed by atoms with Crippen molar-refractivity contribution in [1.29, 1.82) is 0 Å². The Morgan fingerprint density at radius 2 is 2.21 bits per heavy atom. The van der Waals surface area contributed by atoms with Crippen LogP contribution in [0, 0.1) is 0 Å². The quantitative estimate of drug-likeness (QED) is 0.760. The minimum Gasteiger partial charge on any atom is -0.351 e. The van der Waals surface area contributed by atoms with Gasteiger partial charge in [0.15, 0.2) is 0 Å². The fourth-order valence-electron chi connectivity index (χ4n) is 2.33. The van der Waals surface area contributed by atoms with E-state index in [0.29, 0.717) is 6.04 Å². The van der Waals surface area contributed by atoms with Crippen molar-refractivity contribution in [3.63, 3.8) is 0 Å². The number of carbonyl (C=O) groups is 1. The number of nitrogens with one attached hydrogen (secondary N) is 2. The van der Waals surface area contributed by atoms with Gasteiger partial charge >= 0.3 is 0 Å². The van der Waals surface area contributed by atoms with Crippen molar-refractivity contribution in [3.8, 4) is 0 Å². The Bertz CT molecular complexity index is 413. The van der Waals surface area contributed by atoms with Gasteiger partial charge in [-0.3, -0.25) is 4.79 Å². The third-order valence-corrected chi connectivity index (χ3v) is 2.98. The average molecular weight is 267 g/mol. The normalized spacial score (nSPS) is 13.3. The summed E-state index contributed by atoms with van der Waals surface area (Å²) in [4.78, 5) is 11.1. The lowest BCUT2D eigenvalue weighted by Crippen LogP contribution is -2.47. The van der Waals surface area contributed by atoms with Gasteiger partial charge in [-0.1, -0.05) is 0 Å². The maximum absolute atomic E-state index is 11.1. The molecule has 0 saturated carbocycles. The first kappa shape index (κ1) is 15.6. The third-order valence-electron chi connectivity index (χ3n) is 2.98. The van der Waals surface area contributed by atoms with Gasteiger partial charge in [0.1, 0.15) is 12.2 Å². The van der Waals surface area contributed by atoms with E-state index in [1.807, 2.05) is 25.5 Å². The number of hydrogen-bond acceptors (Lipinski definition) is 4. The molecule has 1 unspecified atom stereocenters. The summed E-state index contributed by atoms with van der Waals surface area (Å²) in [6, 6.07) is 0.329. The van der Waals surface area contributed by atoms with Crippen molar-refractivity contribution in [3.05, 3.63) is 12.2 Å². The molecule has 1 atom stereocenters. The molecular weight excluding hydrogens is 242 g/mol. The molecule has 19 heavy (non-hydrogen) atoms. The molecule has 1 aromatic rings. The summed E-state index contributed by atoms with van der Waals surface area (Å²) in [7, 11) is 1.94. The lowest BCUT2D eigenvalue weighted by molar-refractivity contribution is -0.120. The fraction of sp³-hybridized carbons (Fsp3) is 0.769. The summed E-state index contributed by atoms with van der Waals surface area (Å²) < 4.78 is 1.92. The van der Waals surface area contributed by atoms with E-state index >= 15 is 0 Å². The van der Waals surface area contributed by atoms with Crippen molar-refractivity contribution < 1.29 is 4.79 Å². The van der Waals surface area contributed by atoms with Crippen molar-refractivity contribution in [1.82, 2.24) is 25.4 Å². The number of aryl methyl sites for hydroxylation is 1. The Hall–Kier alpha value is -1.43. The van der Waals surface area contributed by atoms with Gasteiger partial charge in [-0.15, -0.1) is 10.2 Å². The molecule has 1 heterocycles. The van der Waals surface area contributed by atoms with Crippen LogP contribution >= 0.6 is 0 Å². The first-order valence-corrected chi connectivity index (χ1v) is 6.65. The van der Waals surface area contributed by atoms with E-state index in [1.54, 1.807) is 13.3 Å². The molecule has 6 nitrogen and oxygen atoms in total. The lowest BCUT2D eigenvalue weighted by Gasteiger charge is -2.29. The van der Waals surface area contributed by atoms with E-state index < -0.39 is 0 Å². The van der Waals surface area contributed by atoms with E-state index in [-0.39, 0.29) is 11.4 Å². The Labute approximate surface area is 115 Å². The number of aromatic nitrogens is 3. The highest BCUT2D eigenvalue weighted by Gasteiger charge is 2.21. The largest absolute Gasteiger partial charge is 0.351 e. The maximum atomic E-state index is 11.1. The molecule has 0 radical (unpaired) electrons. The van der Waals surface area contributed by atoms with Gasteiger partial charge in [-0.05, 0) is 27.2 Å². The van der Waals surface area contributed by atoms with Crippen molar-refractivity contribution in [2.24, 2.45) is 7.05 Å². The van der Waals surface area contributed by atoms with Crippen LogP contribution in [0.25, 0.3) is 0 Å². The van der Waals surface area contributed by atoms with Crippen LogP contribution in [0.4, 0.5) is 0 Å². The molecule has 0 spiro atoms. The van der Waals surface area contributed by atoms with Gasteiger partial charge < -0.3 is 15.2 Å². The molecule has 0 aliphatic rings. The topological polar surface area (TPSA) is 71.8 Å². The summed E-state index contributed by atoms with van der Waals surface area (Å²) in [5, 5.41) is 14.3. The second-order valence-electron chi connectivity index (χ2n) is 5.73. The zero-order chi connectivity index (χ0) is 14.5. The predicted octanol–water partition coefficient (Wildman–Crippen LogP) is 0.641. The molecule has 0 saturated heterocycles. The molecule has 0 bridgehead atoms. The summed E-state index contributed by atoms with van der Waals surface area (Å²) >= 11 is 0. The number of amides is 1. The Morgan fingerprint density at radius 3 is 2.74 bits per heavy atom. The van der Waals surface area contributed by atoms with E-state index in [9.17, 15) is 4.79 Å². The second kappa shape index (κ2) is 6.65. The molecule has 0 aliphatic carbocycles. The number of rotatable bonds is 7. The molecule has 108 valence electrons. The van der Waals surface area contributed by atoms with Crippen LogP contribution in [0.3, 0.4) is 0 Å². The third kappa shape index (κ3) is 5.83. The van der Waals surface area contributed by atoms with Crippen LogP contribution in [-0.2, 0) is 18.3 Å². The minimum atomic E-state index is -0.191. The Morgan fingerprint density at radius 1 is 1.53 bits per heavy atom. The first-order valence-electron chi connectivity index (χ1n) is 6.65. The van der Waals surface area contributed by atoms with Crippen molar-refractivity contribution in [2.45, 2.75) is 52.1 Å². The molecule has 2 N–H and O–H groups in total. The van der Waals surface area contributed by atoms with Crippen LogP contribution in [-0.4, -0.2) is 38.8 Å². The molecule has 6 heteroatoms. The summed E-state index contributed by atoms with van der Waals surface area (Å²) in [5.74, 6) is 0.983. The van der Waals surface area contributed by atoms with E-state index in [4.69, 9.17) is 0 Å². The van der Waals surface area contributed by atoms with Gasteiger partial charge in [-0.25, -0.2) is 0 Å². The SMILES string of the molecule is CC(=O)NC(C)(C)CC(C)NCCc1nncn1C. The van der Waals surface area contributed by atoms with E-state index in [2.05, 4.69) is 27.8 Å². The minimum absolute atomic E-state index is 0.0104. The molecule has 0 fully saturated rings. The molecule has 1 rings (SSSR count). The Balaban J connectivity index is 2.30. The Kier molecular flexibility index (Phi) is 5.47. The van der Waals surface area contributed by atoms with Crippen LogP contribution in [0.15, 0.2) is 6.33 Å². The van der Waals surface area contributed by atoms with Gasteiger partial charge in [-0.2, -0.15) is 0 Å². The van der Waals surface area contributed by atoms with E-state index in [0.717, 1.165) is 25.2 Å². The maximum Gasteiger partial charge on any atom is 0.217 e. The highest BCUT2D eigenvalue weighted by Crippen LogP contribution is 2.11.